The number of ether oxygens (including phenoxy) is 1. The van der Waals surface area contributed by atoms with E-state index in [9.17, 15) is 9.90 Å². The molecule has 1 N–H and O–H groups in total. The van der Waals surface area contributed by atoms with Crippen LogP contribution in [0, 0.1) is 0 Å². The molecule has 8 nitrogen and oxygen atoms in total. The van der Waals surface area contributed by atoms with E-state index >= 15 is 0 Å². The number of carbonyl (C=O) groups is 1. The number of carboxylic acids is 1. The highest BCUT2D eigenvalue weighted by molar-refractivity contribution is 6.39. The summed E-state index contributed by atoms with van der Waals surface area (Å²) < 4.78 is 13.8. The molecule has 6 rings (SSSR count). The first-order valence-electron chi connectivity index (χ1n) is 13.1. The molecule has 10 heteroatoms. The van der Waals surface area contributed by atoms with Crippen molar-refractivity contribution in [1.29, 1.82) is 0 Å². The lowest BCUT2D eigenvalue weighted by Gasteiger charge is -2.33. The average Bonchev–Trinajstić information content (AvgIpc) is 3.57. The minimum Gasteiger partial charge on any atom is -0.476 e. The Morgan fingerprint density at radius 2 is 1.79 bits per heavy atom. The molecule has 1 saturated heterocycles. The van der Waals surface area contributed by atoms with Gasteiger partial charge in [0.05, 0.1) is 28.5 Å². The Labute approximate surface area is 236 Å². The summed E-state index contributed by atoms with van der Waals surface area (Å²) in [6.45, 7) is 2.10. The third-order valence-electron chi connectivity index (χ3n) is 7.48. The van der Waals surface area contributed by atoms with Crippen LogP contribution < -0.4 is 4.90 Å². The second kappa shape index (κ2) is 10.7. The molecule has 39 heavy (non-hydrogen) atoms. The summed E-state index contributed by atoms with van der Waals surface area (Å²) in [7, 11) is 1.76. The van der Waals surface area contributed by atoms with E-state index in [1.165, 1.54) is 0 Å². The number of halogens is 2. The Hall–Kier alpha value is -3.33. The van der Waals surface area contributed by atoms with Crippen molar-refractivity contribution < 1.29 is 19.2 Å². The maximum atomic E-state index is 11.3. The SMILES string of the molecule is Cn1nc(C(=O)O)cc1-c1cccc(N2CCC(OCc3c(-c4c(Cl)cccc4Cl)noc3C3CC3)CC2)c1. The quantitative estimate of drug-likeness (QED) is 0.250. The average molecular weight is 567 g/mol. The Balaban J connectivity index is 1.13. The summed E-state index contributed by atoms with van der Waals surface area (Å²) in [5.41, 5.74) is 5.13. The molecule has 3 heterocycles. The van der Waals surface area contributed by atoms with Crippen molar-refractivity contribution in [2.45, 2.75) is 44.3 Å². The van der Waals surface area contributed by atoms with Gasteiger partial charge in [-0.1, -0.05) is 46.6 Å². The van der Waals surface area contributed by atoms with Crippen molar-refractivity contribution in [3.8, 4) is 22.5 Å². The first-order valence-corrected chi connectivity index (χ1v) is 13.8. The van der Waals surface area contributed by atoms with Crippen molar-refractivity contribution in [2.75, 3.05) is 18.0 Å². The van der Waals surface area contributed by atoms with Crippen LogP contribution in [0.4, 0.5) is 5.69 Å². The van der Waals surface area contributed by atoms with E-state index < -0.39 is 5.97 Å². The highest BCUT2D eigenvalue weighted by Gasteiger charge is 2.34. The van der Waals surface area contributed by atoms with Crippen LogP contribution >= 0.6 is 23.2 Å². The maximum absolute atomic E-state index is 11.3. The van der Waals surface area contributed by atoms with E-state index in [1.807, 2.05) is 30.3 Å². The molecule has 1 aliphatic heterocycles. The second-order valence-corrected chi connectivity index (χ2v) is 11.0. The van der Waals surface area contributed by atoms with Gasteiger partial charge in [-0.2, -0.15) is 5.10 Å². The van der Waals surface area contributed by atoms with Gasteiger partial charge in [0, 0.05) is 48.4 Å². The highest BCUT2D eigenvalue weighted by atomic mass is 35.5. The van der Waals surface area contributed by atoms with Gasteiger partial charge in [-0.3, -0.25) is 4.68 Å². The lowest BCUT2D eigenvalue weighted by Crippen LogP contribution is -2.37. The lowest BCUT2D eigenvalue weighted by molar-refractivity contribution is 0.0246. The van der Waals surface area contributed by atoms with Gasteiger partial charge in [-0.05, 0) is 56.0 Å². The van der Waals surface area contributed by atoms with E-state index in [-0.39, 0.29) is 11.8 Å². The highest BCUT2D eigenvalue weighted by Crippen LogP contribution is 2.46. The van der Waals surface area contributed by atoms with Crippen LogP contribution in [0.1, 0.15) is 53.4 Å². The molecule has 2 aromatic heterocycles. The van der Waals surface area contributed by atoms with Gasteiger partial charge in [-0.15, -0.1) is 0 Å². The fourth-order valence-electron chi connectivity index (χ4n) is 5.23. The molecule has 0 radical (unpaired) electrons. The minimum atomic E-state index is -1.03. The molecule has 2 fully saturated rings. The van der Waals surface area contributed by atoms with Gasteiger partial charge in [0.25, 0.3) is 0 Å². The zero-order chi connectivity index (χ0) is 27.1. The van der Waals surface area contributed by atoms with Crippen LogP contribution in [0.15, 0.2) is 53.1 Å². The zero-order valence-corrected chi connectivity index (χ0v) is 23.0. The van der Waals surface area contributed by atoms with Gasteiger partial charge in [0.2, 0.25) is 0 Å². The van der Waals surface area contributed by atoms with Crippen molar-refractivity contribution in [3.05, 3.63) is 75.6 Å². The number of benzene rings is 2. The number of hydrogen-bond donors (Lipinski definition) is 1. The molecule has 4 aromatic rings. The van der Waals surface area contributed by atoms with Crippen LogP contribution in [0.25, 0.3) is 22.5 Å². The molecule has 1 aliphatic carbocycles. The lowest BCUT2D eigenvalue weighted by atomic mass is 10.0. The number of rotatable bonds is 8. The summed E-state index contributed by atoms with van der Waals surface area (Å²) in [4.78, 5) is 13.7. The Morgan fingerprint density at radius 3 is 2.46 bits per heavy atom. The van der Waals surface area contributed by atoms with Crippen molar-refractivity contribution in [3.63, 3.8) is 0 Å². The molecule has 202 valence electrons. The molecule has 1 saturated carbocycles. The van der Waals surface area contributed by atoms with Crippen molar-refractivity contribution in [2.24, 2.45) is 7.05 Å². The largest absolute Gasteiger partial charge is 0.476 e. The molecular formula is C29H28Cl2N4O4. The summed E-state index contributed by atoms with van der Waals surface area (Å²) in [5.74, 6) is 0.232. The molecule has 0 unspecified atom stereocenters. The van der Waals surface area contributed by atoms with Gasteiger partial charge in [0.1, 0.15) is 11.5 Å². The number of hydrogen-bond acceptors (Lipinski definition) is 6. The number of nitrogens with zero attached hydrogens (tertiary/aromatic N) is 4. The van der Waals surface area contributed by atoms with Gasteiger partial charge in [0.15, 0.2) is 5.69 Å². The Morgan fingerprint density at radius 1 is 1.08 bits per heavy atom. The fourth-order valence-corrected chi connectivity index (χ4v) is 5.81. The number of aryl methyl sites for hydroxylation is 1. The smallest absolute Gasteiger partial charge is 0.356 e. The number of aromatic carboxylic acids is 1. The van der Waals surface area contributed by atoms with E-state index in [0.717, 1.165) is 67.0 Å². The normalized spacial score (nSPS) is 16.1. The van der Waals surface area contributed by atoms with E-state index in [1.54, 1.807) is 17.8 Å². The summed E-state index contributed by atoms with van der Waals surface area (Å²) in [6.07, 6.45) is 4.05. The third-order valence-corrected chi connectivity index (χ3v) is 8.11. The first kappa shape index (κ1) is 25.9. The second-order valence-electron chi connectivity index (χ2n) is 10.1. The van der Waals surface area contributed by atoms with Crippen LogP contribution in [-0.2, 0) is 18.4 Å². The monoisotopic (exact) mass is 566 g/mol. The predicted octanol–water partition coefficient (Wildman–Crippen LogP) is 6.81. The van der Waals surface area contributed by atoms with E-state index in [4.69, 9.17) is 32.5 Å². The molecule has 2 aromatic carbocycles. The topological polar surface area (TPSA) is 93.6 Å². The maximum Gasteiger partial charge on any atom is 0.356 e. The Bertz CT molecular complexity index is 1500. The van der Waals surface area contributed by atoms with Crippen LogP contribution in [0.3, 0.4) is 0 Å². The minimum absolute atomic E-state index is 0.0356. The Kier molecular flexibility index (Phi) is 7.10. The van der Waals surface area contributed by atoms with E-state index in [2.05, 4.69) is 27.3 Å². The van der Waals surface area contributed by atoms with E-state index in [0.29, 0.717) is 33.8 Å². The van der Waals surface area contributed by atoms with Crippen LogP contribution in [-0.4, -0.2) is 45.2 Å². The number of anilines is 1. The van der Waals surface area contributed by atoms with Crippen LogP contribution in [0.5, 0.6) is 0 Å². The van der Waals surface area contributed by atoms with Crippen LogP contribution in [0.2, 0.25) is 10.0 Å². The molecule has 0 atom stereocenters. The molecule has 0 spiro atoms. The molecule has 2 aliphatic rings. The van der Waals surface area contributed by atoms with Gasteiger partial charge < -0.3 is 19.3 Å². The summed E-state index contributed by atoms with van der Waals surface area (Å²) in [5, 5.41) is 18.8. The third kappa shape index (κ3) is 5.29. The van der Waals surface area contributed by atoms with Crippen molar-refractivity contribution in [1.82, 2.24) is 14.9 Å². The number of aromatic nitrogens is 3. The van der Waals surface area contributed by atoms with Gasteiger partial charge in [-0.25, -0.2) is 4.79 Å². The fraction of sp³-hybridized carbons (Fsp3) is 0.345. The molecule has 0 bridgehead atoms. The number of piperidine rings is 1. The molecular weight excluding hydrogens is 539 g/mol. The summed E-state index contributed by atoms with van der Waals surface area (Å²) in [6, 6.07) is 15.2. The first-order chi connectivity index (χ1) is 18.9. The van der Waals surface area contributed by atoms with Crippen molar-refractivity contribution >= 4 is 34.9 Å². The summed E-state index contributed by atoms with van der Waals surface area (Å²) >= 11 is 13.0. The zero-order valence-electron chi connectivity index (χ0n) is 21.4. The standard InChI is InChI=1S/C29H28Cl2N4O4/c1-34-25(15-24(32-34)29(36)37)18-4-2-5-19(14-18)35-12-10-20(11-13-35)38-16-21-27(33-39-28(21)17-8-9-17)26-22(30)6-3-7-23(26)31/h2-7,14-15,17,20H,8-13,16H2,1H3,(H,36,37). The number of carboxylic acid groups (broad SMARTS) is 1. The molecule has 0 amide bonds. The predicted molar refractivity (Wildman–Crippen MR) is 150 cm³/mol. The van der Waals surface area contributed by atoms with Gasteiger partial charge >= 0.3 is 5.97 Å².